The average Bonchev–Trinajstić information content (AvgIpc) is 3.32. The maximum atomic E-state index is 13.4. The molecule has 3 rings (SSSR count). The molecule has 1 aliphatic rings. The summed E-state index contributed by atoms with van der Waals surface area (Å²) >= 11 is 0. The molecule has 0 bridgehead atoms. The molecule has 0 unspecified atom stereocenters. The molecule has 0 aromatic heterocycles. The summed E-state index contributed by atoms with van der Waals surface area (Å²) < 4.78 is 19.3. The van der Waals surface area contributed by atoms with Crippen LogP contribution in [0.25, 0.3) is 0 Å². The normalized spacial score (nSPS) is 14.2. The molecule has 0 aliphatic heterocycles. The third-order valence-corrected chi connectivity index (χ3v) is 3.49. The van der Waals surface area contributed by atoms with Crippen molar-refractivity contribution in [1.29, 1.82) is 0 Å². The van der Waals surface area contributed by atoms with Crippen molar-refractivity contribution < 1.29 is 14.2 Å². The largest absolute Gasteiger partial charge is 0.457 e. The van der Waals surface area contributed by atoms with Crippen molar-refractivity contribution in [2.24, 2.45) is 0 Å². The highest BCUT2D eigenvalue weighted by molar-refractivity contribution is 5.39. The van der Waals surface area contributed by atoms with Gasteiger partial charge in [-0.15, -0.1) is 0 Å². The van der Waals surface area contributed by atoms with Gasteiger partial charge in [0.25, 0.3) is 0 Å². The first kappa shape index (κ1) is 14.0. The highest BCUT2D eigenvalue weighted by atomic mass is 19.1. The lowest BCUT2D eigenvalue weighted by Crippen LogP contribution is -2.15. The van der Waals surface area contributed by atoms with Gasteiger partial charge in [-0.3, -0.25) is 0 Å². The highest BCUT2D eigenvalue weighted by Gasteiger charge is 2.20. The van der Waals surface area contributed by atoms with E-state index < -0.39 is 0 Å². The fourth-order valence-electron chi connectivity index (χ4n) is 2.16. The Balaban J connectivity index is 1.79. The summed E-state index contributed by atoms with van der Waals surface area (Å²) in [6, 6.07) is 12.3. The summed E-state index contributed by atoms with van der Waals surface area (Å²) in [5.74, 6) is 1.01. The number of aliphatic hydroxyl groups is 1. The molecule has 1 fully saturated rings. The van der Waals surface area contributed by atoms with Gasteiger partial charge >= 0.3 is 0 Å². The van der Waals surface area contributed by atoms with E-state index in [1.165, 1.54) is 25.0 Å². The van der Waals surface area contributed by atoms with Gasteiger partial charge in [0.05, 0.1) is 6.61 Å². The number of hydrogen-bond acceptors (Lipinski definition) is 3. The van der Waals surface area contributed by atoms with E-state index in [0.29, 0.717) is 24.1 Å². The lowest BCUT2D eigenvalue weighted by atomic mass is 10.2. The summed E-state index contributed by atoms with van der Waals surface area (Å²) in [5.41, 5.74) is 1.59. The number of nitrogens with one attached hydrogen (secondary N) is 1. The van der Waals surface area contributed by atoms with Crippen molar-refractivity contribution in [1.82, 2.24) is 5.32 Å². The highest BCUT2D eigenvalue weighted by Crippen LogP contribution is 2.28. The monoisotopic (exact) mass is 287 g/mol. The van der Waals surface area contributed by atoms with Gasteiger partial charge in [-0.05, 0) is 48.7 Å². The smallest absolute Gasteiger partial charge is 0.132 e. The number of rotatable bonds is 6. The van der Waals surface area contributed by atoms with Crippen molar-refractivity contribution in [2.45, 2.75) is 32.0 Å². The molecule has 0 atom stereocenters. The van der Waals surface area contributed by atoms with Gasteiger partial charge in [0.2, 0.25) is 0 Å². The van der Waals surface area contributed by atoms with Crippen molar-refractivity contribution >= 4 is 0 Å². The maximum Gasteiger partial charge on any atom is 0.132 e. The van der Waals surface area contributed by atoms with Crippen LogP contribution in [0.3, 0.4) is 0 Å². The van der Waals surface area contributed by atoms with Crippen LogP contribution < -0.4 is 10.1 Å². The Morgan fingerprint density at radius 1 is 1.19 bits per heavy atom. The predicted molar refractivity (Wildman–Crippen MR) is 78.7 cm³/mol. The van der Waals surface area contributed by atoms with Gasteiger partial charge in [0.15, 0.2) is 0 Å². The van der Waals surface area contributed by atoms with Gasteiger partial charge in [-0.2, -0.15) is 0 Å². The fraction of sp³-hybridized carbons (Fsp3) is 0.294. The first-order valence-corrected chi connectivity index (χ1v) is 7.14. The van der Waals surface area contributed by atoms with E-state index in [9.17, 15) is 4.39 Å². The quantitative estimate of drug-likeness (QED) is 0.856. The number of ether oxygens (including phenoxy) is 1. The van der Waals surface area contributed by atoms with E-state index in [0.717, 1.165) is 11.1 Å². The summed E-state index contributed by atoms with van der Waals surface area (Å²) in [4.78, 5) is 0. The summed E-state index contributed by atoms with van der Waals surface area (Å²) in [7, 11) is 0. The zero-order valence-corrected chi connectivity index (χ0v) is 11.7. The molecular formula is C17H18FNO2. The Morgan fingerprint density at radius 3 is 2.81 bits per heavy atom. The molecule has 3 nitrogen and oxygen atoms in total. The van der Waals surface area contributed by atoms with E-state index in [1.54, 1.807) is 12.1 Å². The Hall–Kier alpha value is -1.91. The minimum Gasteiger partial charge on any atom is -0.457 e. The molecule has 1 saturated carbocycles. The summed E-state index contributed by atoms with van der Waals surface area (Å²) in [6.45, 7) is 0.564. The number of benzene rings is 2. The van der Waals surface area contributed by atoms with Gasteiger partial charge < -0.3 is 15.2 Å². The van der Waals surface area contributed by atoms with E-state index in [4.69, 9.17) is 9.84 Å². The van der Waals surface area contributed by atoms with Gasteiger partial charge in [0.1, 0.15) is 17.3 Å². The van der Waals surface area contributed by atoms with Crippen molar-refractivity contribution in [3.63, 3.8) is 0 Å². The van der Waals surface area contributed by atoms with Crippen LogP contribution in [-0.4, -0.2) is 11.1 Å². The minimum absolute atomic E-state index is 0.0310. The standard InChI is InChI=1S/C17H18FNO2/c18-14-4-7-17(13(9-14)10-19-15-5-6-15)21-16-3-1-2-12(8-16)11-20/h1-4,7-9,15,19-20H,5-6,10-11H2. The molecule has 1 aliphatic carbocycles. The second kappa shape index (κ2) is 6.24. The van der Waals surface area contributed by atoms with Gasteiger partial charge in [-0.25, -0.2) is 4.39 Å². The second-order valence-corrected chi connectivity index (χ2v) is 5.31. The molecule has 0 saturated heterocycles. The molecule has 4 heteroatoms. The van der Waals surface area contributed by atoms with Crippen LogP contribution in [0.2, 0.25) is 0 Å². The minimum atomic E-state index is -0.265. The Labute approximate surface area is 123 Å². The average molecular weight is 287 g/mol. The Bertz CT molecular complexity index is 626. The van der Waals surface area contributed by atoms with Crippen LogP contribution in [0.15, 0.2) is 42.5 Å². The zero-order chi connectivity index (χ0) is 14.7. The Morgan fingerprint density at radius 2 is 2.05 bits per heavy atom. The zero-order valence-electron chi connectivity index (χ0n) is 11.7. The third-order valence-electron chi connectivity index (χ3n) is 3.49. The summed E-state index contributed by atoms with van der Waals surface area (Å²) in [6.07, 6.45) is 2.37. The maximum absolute atomic E-state index is 13.4. The van der Waals surface area contributed by atoms with E-state index >= 15 is 0 Å². The molecule has 0 amide bonds. The van der Waals surface area contributed by atoms with Crippen LogP contribution in [0, 0.1) is 5.82 Å². The molecule has 2 aromatic carbocycles. The van der Waals surface area contributed by atoms with E-state index in [1.807, 2.05) is 18.2 Å². The van der Waals surface area contributed by atoms with Crippen LogP contribution >= 0.6 is 0 Å². The molecule has 2 aromatic rings. The predicted octanol–water partition coefficient (Wildman–Crippen LogP) is 3.36. The molecule has 0 spiro atoms. The lowest BCUT2D eigenvalue weighted by molar-refractivity contribution is 0.281. The fourth-order valence-corrected chi connectivity index (χ4v) is 2.16. The molecular weight excluding hydrogens is 269 g/mol. The molecule has 0 heterocycles. The van der Waals surface area contributed by atoms with Gasteiger partial charge in [-0.1, -0.05) is 12.1 Å². The topological polar surface area (TPSA) is 41.5 Å². The van der Waals surface area contributed by atoms with Crippen LogP contribution in [-0.2, 0) is 13.2 Å². The van der Waals surface area contributed by atoms with Crippen molar-refractivity contribution in [3.05, 3.63) is 59.4 Å². The molecule has 110 valence electrons. The summed E-state index contributed by atoms with van der Waals surface area (Å²) in [5, 5.41) is 12.5. The first-order chi connectivity index (χ1) is 10.2. The third kappa shape index (κ3) is 3.80. The number of aliphatic hydroxyl groups excluding tert-OH is 1. The van der Waals surface area contributed by atoms with Crippen LogP contribution in [0.5, 0.6) is 11.5 Å². The van der Waals surface area contributed by atoms with E-state index in [-0.39, 0.29) is 12.4 Å². The molecule has 0 radical (unpaired) electrons. The van der Waals surface area contributed by atoms with Crippen molar-refractivity contribution in [2.75, 3.05) is 0 Å². The molecule has 21 heavy (non-hydrogen) atoms. The molecule has 2 N–H and O–H groups in total. The Kier molecular flexibility index (Phi) is 4.18. The van der Waals surface area contributed by atoms with Crippen molar-refractivity contribution in [3.8, 4) is 11.5 Å². The SMILES string of the molecule is OCc1cccc(Oc2ccc(F)cc2CNC2CC2)c1. The lowest BCUT2D eigenvalue weighted by Gasteiger charge is -2.12. The van der Waals surface area contributed by atoms with Crippen LogP contribution in [0.4, 0.5) is 4.39 Å². The number of hydrogen-bond donors (Lipinski definition) is 2. The van der Waals surface area contributed by atoms with Gasteiger partial charge in [0, 0.05) is 18.2 Å². The number of halogens is 1. The first-order valence-electron chi connectivity index (χ1n) is 7.14. The van der Waals surface area contributed by atoms with E-state index in [2.05, 4.69) is 5.32 Å². The second-order valence-electron chi connectivity index (χ2n) is 5.31. The van der Waals surface area contributed by atoms with Crippen LogP contribution in [0.1, 0.15) is 24.0 Å².